The molecule has 0 saturated heterocycles. The molecule has 0 spiro atoms. The summed E-state index contributed by atoms with van der Waals surface area (Å²) >= 11 is 1.43. The summed E-state index contributed by atoms with van der Waals surface area (Å²) in [4.78, 5) is 17.9. The van der Waals surface area contributed by atoms with Gasteiger partial charge >= 0.3 is 0 Å². The van der Waals surface area contributed by atoms with Gasteiger partial charge in [-0.2, -0.15) is 0 Å². The van der Waals surface area contributed by atoms with Crippen molar-refractivity contribution in [1.29, 1.82) is 0 Å². The van der Waals surface area contributed by atoms with Crippen molar-refractivity contribution in [3.05, 3.63) is 22.2 Å². The van der Waals surface area contributed by atoms with E-state index in [1.165, 1.54) is 35.4 Å². The molecule has 0 fully saturated rings. The zero-order valence-electron chi connectivity index (χ0n) is 11.3. The van der Waals surface area contributed by atoms with Crippen LogP contribution in [-0.2, 0) is 12.8 Å². The number of thiophene rings is 1. The summed E-state index contributed by atoms with van der Waals surface area (Å²) in [5.41, 5.74) is 9.23. The van der Waals surface area contributed by atoms with E-state index in [0.29, 0.717) is 10.6 Å². The molecule has 3 rings (SSSR count). The fraction of sp³-hybridized carbons (Fsp3) is 0.467. The van der Waals surface area contributed by atoms with Crippen LogP contribution in [0.1, 0.15) is 47.6 Å². The summed E-state index contributed by atoms with van der Waals surface area (Å²) in [6.07, 6.45) is 4.59. The molecule has 1 aliphatic carbocycles. The molecule has 0 aromatic carbocycles. The molecule has 4 heteroatoms. The number of pyridine rings is 1. The summed E-state index contributed by atoms with van der Waals surface area (Å²) in [6, 6.07) is 2.16. The van der Waals surface area contributed by atoms with Gasteiger partial charge in [0.05, 0.1) is 10.6 Å². The van der Waals surface area contributed by atoms with Crippen molar-refractivity contribution in [2.45, 2.75) is 39.5 Å². The Hall–Kier alpha value is -1.42. The molecule has 2 aromatic heterocycles. The van der Waals surface area contributed by atoms with Crippen molar-refractivity contribution < 1.29 is 4.79 Å². The zero-order valence-corrected chi connectivity index (χ0v) is 12.1. The highest BCUT2D eigenvalue weighted by molar-refractivity contribution is 7.21. The number of rotatable bonds is 2. The molecular formula is C15H18N2OS. The summed E-state index contributed by atoms with van der Waals surface area (Å²) in [6.45, 7) is 3.81. The molecule has 0 saturated carbocycles. The number of Topliss-reactive ketones (excluding diaryl/α,β-unsaturated/α-hetero) is 1. The van der Waals surface area contributed by atoms with Crippen LogP contribution in [0.15, 0.2) is 6.07 Å². The quantitative estimate of drug-likeness (QED) is 0.851. The molecule has 0 radical (unpaired) electrons. The predicted octanol–water partition coefficient (Wildman–Crippen LogP) is 3.60. The molecule has 19 heavy (non-hydrogen) atoms. The minimum atomic E-state index is 0.0323. The lowest BCUT2D eigenvalue weighted by atomic mass is 9.85. The third-order valence-corrected chi connectivity index (χ3v) is 5.30. The Morgan fingerprint density at radius 2 is 2.37 bits per heavy atom. The van der Waals surface area contributed by atoms with E-state index < -0.39 is 0 Å². The Balaban J connectivity index is 2.14. The highest BCUT2D eigenvalue weighted by atomic mass is 32.1. The van der Waals surface area contributed by atoms with Crippen LogP contribution in [0.25, 0.3) is 10.2 Å². The van der Waals surface area contributed by atoms with Crippen molar-refractivity contribution >= 4 is 33.0 Å². The molecule has 2 heterocycles. The average Bonchev–Trinajstić information content (AvgIpc) is 2.73. The molecule has 2 N–H and O–H groups in total. The number of fused-ring (bicyclic) bond motifs is 2. The fourth-order valence-electron chi connectivity index (χ4n) is 2.88. The molecular weight excluding hydrogens is 256 g/mol. The molecule has 1 atom stereocenters. The number of carbonyl (C=O) groups excluding carboxylic acids is 1. The maximum Gasteiger partial charge on any atom is 0.171 e. The first-order valence-corrected chi connectivity index (χ1v) is 7.63. The summed E-state index contributed by atoms with van der Waals surface area (Å²) < 4.78 is 0. The first kappa shape index (κ1) is 12.6. The molecule has 2 aromatic rings. The Kier molecular flexibility index (Phi) is 3.05. The molecule has 0 aliphatic heterocycles. The Morgan fingerprint density at radius 1 is 1.58 bits per heavy atom. The van der Waals surface area contributed by atoms with Gasteiger partial charge in [-0.1, -0.05) is 13.3 Å². The molecule has 0 unspecified atom stereocenters. The Labute approximate surface area is 116 Å². The summed E-state index contributed by atoms with van der Waals surface area (Å²) in [5.74, 6) is 0.795. The van der Waals surface area contributed by atoms with Gasteiger partial charge in [0.15, 0.2) is 5.78 Å². The minimum absolute atomic E-state index is 0.0323. The second-order valence-corrected chi connectivity index (χ2v) is 6.36. The SMILES string of the molecule is CC[C@@H]1CCc2nc3sc(C(C)=O)c(N)c3cc2C1. The van der Waals surface area contributed by atoms with Gasteiger partial charge in [-0.3, -0.25) is 4.79 Å². The number of hydrogen-bond acceptors (Lipinski definition) is 4. The number of nitrogens with two attached hydrogens (primary N) is 1. The van der Waals surface area contributed by atoms with Gasteiger partial charge < -0.3 is 5.73 Å². The molecule has 0 amide bonds. The van der Waals surface area contributed by atoms with E-state index in [2.05, 4.69) is 13.0 Å². The zero-order chi connectivity index (χ0) is 13.6. The van der Waals surface area contributed by atoms with Crippen molar-refractivity contribution in [3.8, 4) is 0 Å². The normalized spacial score (nSPS) is 18.5. The van der Waals surface area contributed by atoms with Crippen LogP contribution in [0.3, 0.4) is 0 Å². The lowest BCUT2D eigenvalue weighted by molar-refractivity contribution is 0.102. The topological polar surface area (TPSA) is 56.0 Å². The highest BCUT2D eigenvalue weighted by Gasteiger charge is 2.21. The van der Waals surface area contributed by atoms with E-state index in [1.54, 1.807) is 6.92 Å². The van der Waals surface area contributed by atoms with Crippen LogP contribution in [0, 0.1) is 5.92 Å². The number of carbonyl (C=O) groups is 1. The van der Waals surface area contributed by atoms with Crippen molar-refractivity contribution in [2.75, 3.05) is 5.73 Å². The van der Waals surface area contributed by atoms with E-state index in [-0.39, 0.29) is 5.78 Å². The van der Waals surface area contributed by atoms with Gasteiger partial charge in [-0.05, 0) is 36.8 Å². The summed E-state index contributed by atoms with van der Waals surface area (Å²) in [5, 5.41) is 0.964. The lowest BCUT2D eigenvalue weighted by Crippen LogP contribution is -2.14. The van der Waals surface area contributed by atoms with Gasteiger partial charge in [-0.15, -0.1) is 11.3 Å². The van der Waals surface area contributed by atoms with E-state index in [1.807, 2.05) is 0 Å². The predicted molar refractivity (Wildman–Crippen MR) is 79.8 cm³/mol. The van der Waals surface area contributed by atoms with Gasteiger partial charge in [0.2, 0.25) is 0 Å². The van der Waals surface area contributed by atoms with Crippen molar-refractivity contribution in [1.82, 2.24) is 4.98 Å². The number of aryl methyl sites for hydroxylation is 1. The van der Waals surface area contributed by atoms with Crippen LogP contribution < -0.4 is 5.73 Å². The van der Waals surface area contributed by atoms with Crippen LogP contribution >= 0.6 is 11.3 Å². The fourth-order valence-corrected chi connectivity index (χ4v) is 3.87. The van der Waals surface area contributed by atoms with E-state index in [0.717, 1.165) is 29.0 Å². The largest absolute Gasteiger partial charge is 0.397 e. The maximum atomic E-state index is 11.6. The van der Waals surface area contributed by atoms with Crippen LogP contribution in [-0.4, -0.2) is 10.8 Å². The third kappa shape index (κ3) is 2.04. The first-order valence-electron chi connectivity index (χ1n) is 6.81. The number of hydrogen-bond donors (Lipinski definition) is 1. The number of ketones is 1. The Morgan fingerprint density at radius 3 is 3.05 bits per heavy atom. The van der Waals surface area contributed by atoms with Crippen LogP contribution in [0.4, 0.5) is 5.69 Å². The lowest BCUT2D eigenvalue weighted by Gasteiger charge is -2.22. The van der Waals surface area contributed by atoms with Crippen molar-refractivity contribution in [2.24, 2.45) is 5.92 Å². The minimum Gasteiger partial charge on any atom is -0.397 e. The van der Waals surface area contributed by atoms with E-state index in [9.17, 15) is 4.79 Å². The standard InChI is InChI=1S/C15H18N2OS/c1-3-9-4-5-12-10(6-9)7-11-13(16)14(8(2)18)19-15(11)17-12/h7,9H,3-6,16H2,1-2H3/t9-/m1/s1. The monoisotopic (exact) mass is 274 g/mol. The van der Waals surface area contributed by atoms with Gasteiger partial charge in [0.1, 0.15) is 4.83 Å². The van der Waals surface area contributed by atoms with Gasteiger partial charge in [0, 0.05) is 18.0 Å². The van der Waals surface area contributed by atoms with E-state index >= 15 is 0 Å². The average molecular weight is 274 g/mol. The molecule has 1 aliphatic rings. The number of nitrogen functional groups attached to an aromatic ring is 1. The van der Waals surface area contributed by atoms with E-state index in [4.69, 9.17) is 10.7 Å². The number of nitrogens with zero attached hydrogens (tertiary/aromatic N) is 1. The van der Waals surface area contributed by atoms with Crippen LogP contribution in [0.2, 0.25) is 0 Å². The number of anilines is 1. The second kappa shape index (κ2) is 4.60. The third-order valence-electron chi connectivity index (χ3n) is 4.08. The maximum absolute atomic E-state index is 11.6. The highest BCUT2D eigenvalue weighted by Crippen LogP contribution is 2.36. The smallest absolute Gasteiger partial charge is 0.171 e. The molecule has 100 valence electrons. The van der Waals surface area contributed by atoms with Crippen molar-refractivity contribution in [3.63, 3.8) is 0 Å². The molecule has 0 bridgehead atoms. The summed E-state index contributed by atoms with van der Waals surface area (Å²) in [7, 11) is 0. The Bertz CT molecular complexity index is 660. The first-order chi connectivity index (χ1) is 9.10. The molecule has 3 nitrogen and oxygen atoms in total. The van der Waals surface area contributed by atoms with Gasteiger partial charge in [0.25, 0.3) is 0 Å². The number of aromatic nitrogens is 1. The van der Waals surface area contributed by atoms with Gasteiger partial charge in [-0.25, -0.2) is 4.98 Å². The van der Waals surface area contributed by atoms with Crippen LogP contribution in [0.5, 0.6) is 0 Å². The second-order valence-electron chi connectivity index (χ2n) is 5.37.